The van der Waals surface area contributed by atoms with Crippen LogP contribution in [-0.4, -0.2) is 10.1 Å². The maximum atomic E-state index is 9.42. The van der Waals surface area contributed by atoms with Gasteiger partial charge in [0.05, 0.1) is 0 Å². The minimum absolute atomic E-state index is 0. The Labute approximate surface area is 94.7 Å². The van der Waals surface area contributed by atoms with Crippen molar-refractivity contribution in [2.24, 2.45) is 0 Å². The molecular weight excluding hydrogens is 171 g/mol. The number of phenols is 1. The number of para-hydroxylation sites is 1. The van der Waals surface area contributed by atoms with Crippen molar-refractivity contribution < 1.29 is 25.4 Å². The molecule has 0 spiro atoms. The third-order valence-electron chi connectivity index (χ3n) is 1.81. The van der Waals surface area contributed by atoms with Gasteiger partial charge in [-0.1, -0.05) is 12.1 Å². The van der Waals surface area contributed by atoms with Gasteiger partial charge >= 0.3 is 18.9 Å². The minimum atomic E-state index is 0. The predicted molar refractivity (Wildman–Crippen MR) is 49.2 cm³/mol. The van der Waals surface area contributed by atoms with E-state index in [1.54, 1.807) is 24.3 Å². The summed E-state index contributed by atoms with van der Waals surface area (Å²) in [5.74, 6) is 0.106. The molecule has 1 heterocycles. The zero-order chi connectivity index (χ0) is 9.26. The van der Waals surface area contributed by atoms with E-state index < -0.39 is 0 Å². The van der Waals surface area contributed by atoms with Crippen LogP contribution in [0.1, 0.15) is 7.12 Å². The molecular formula is C10H7LiN2O. The first-order chi connectivity index (χ1) is 6.31. The molecule has 2 aromatic rings. The molecule has 0 bridgehead atoms. The average Bonchev–Trinajstić information content (AvgIpc) is 2.18. The molecule has 0 aliphatic rings. The molecule has 0 saturated carbocycles. The molecule has 4 heteroatoms. The zero-order valence-electron chi connectivity index (χ0n) is 8.73. The molecule has 1 aromatic carbocycles. The molecule has 0 amide bonds. The Morgan fingerprint density at radius 2 is 2.07 bits per heavy atom. The molecule has 0 aliphatic carbocycles. The second-order valence-electron chi connectivity index (χ2n) is 2.66. The van der Waals surface area contributed by atoms with E-state index in [9.17, 15) is 5.11 Å². The number of fused-ring (bicyclic) bond motifs is 1. The van der Waals surface area contributed by atoms with Gasteiger partial charge in [-0.05, 0) is 18.2 Å². The van der Waals surface area contributed by atoms with Gasteiger partial charge in [0.15, 0.2) is 0 Å². The molecule has 0 aliphatic heterocycles. The number of hydrogen-bond donors (Lipinski definition) is 1. The maximum absolute atomic E-state index is 9.42. The Morgan fingerprint density at radius 1 is 1.29 bits per heavy atom. The first-order valence-corrected chi connectivity index (χ1v) is 3.80. The Bertz CT molecular complexity index is 510. The smallest absolute Gasteiger partial charge is 1.00 e. The number of nitriles is 1. The SMILES string of the molecule is N#Cc1ccc2cccc(O)c2n1.[H-].[Li+]. The molecule has 0 fully saturated rings. The van der Waals surface area contributed by atoms with Crippen molar-refractivity contribution in [2.75, 3.05) is 0 Å². The van der Waals surface area contributed by atoms with Crippen molar-refractivity contribution in [1.82, 2.24) is 4.98 Å². The van der Waals surface area contributed by atoms with Gasteiger partial charge < -0.3 is 6.53 Å². The van der Waals surface area contributed by atoms with Gasteiger partial charge in [0.1, 0.15) is 23.0 Å². The Balaban J connectivity index is 0.000000980. The minimum Gasteiger partial charge on any atom is -1.00 e. The fraction of sp³-hybridized carbons (Fsp3) is 0. The third-order valence-corrected chi connectivity index (χ3v) is 1.81. The molecule has 3 nitrogen and oxygen atoms in total. The number of nitrogens with zero attached hydrogens (tertiary/aromatic N) is 2. The van der Waals surface area contributed by atoms with Crippen molar-refractivity contribution >= 4 is 10.9 Å². The van der Waals surface area contributed by atoms with Gasteiger partial charge in [-0.3, -0.25) is 0 Å². The molecule has 0 unspecified atom stereocenters. The van der Waals surface area contributed by atoms with Crippen LogP contribution in [0.5, 0.6) is 5.75 Å². The predicted octanol–water partition coefficient (Wildman–Crippen LogP) is -1.07. The Kier molecular flexibility index (Phi) is 3.14. The third kappa shape index (κ3) is 1.72. The van der Waals surface area contributed by atoms with E-state index in [1.807, 2.05) is 12.1 Å². The second-order valence-corrected chi connectivity index (χ2v) is 2.66. The number of pyridine rings is 1. The van der Waals surface area contributed by atoms with Crippen LogP contribution in [0.15, 0.2) is 30.3 Å². The average molecular weight is 178 g/mol. The number of phenolic OH excluding ortho intramolecular Hbond substituents is 1. The molecule has 2 rings (SSSR count). The molecule has 1 aromatic heterocycles. The van der Waals surface area contributed by atoms with Crippen molar-refractivity contribution in [3.05, 3.63) is 36.0 Å². The fourth-order valence-corrected chi connectivity index (χ4v) is 1.19. The number of aromatic nitrogens is 1. The van der Waals surface area contributed by atoms with Crippen molar-refractivity contribution in [3.8, 4) is 11.8 Å². The summed E-state index contributed by atoms with van der Waals surface area (Å²) in [7, 11) is 0. The maximum Gasteiger partial charge on any atom is 1.00 e. The summed E-state index contributed by atoms with van der Waals surface area (Å²) in [4.78, 5) is 3.98. The van der Waals surface area contributed by atoms with Crippen molar-refractivity contribution in [3.63, 3.8) is 0 Å². The van der Waals surface area contributed by atoms with Crippen LogP contribution in [0.2, 0.25) is 0 Å². The van der Waals surface area contributed by atoms with Crippen molar-refractivity contribution in [2.45, 2.75) is 0 Å². The quantitative estimate of drug-likeness (QED) is 0.522. The van der Waals surface area contributed by atoms with Crippen LogP contribution in [0.25, 0.3) is 10.9 Å². The molecule has 0 atom stereocenters. The topological polar surface area (TPSA) is 56.9 Å². The molecule has 0 radical (unpaired) electrons. The van der Waals surface area contributed by atoms with Gasteiger partial charge in [-0.25, -0.2) is 4.98 Å². The van der Waals surface area contributed by atoms with Gasteiger partial charge in [0.2, 0.25) is 0 Å². The van der Waals surface area contributed by atoms with E-state index in [1.165, 1.54) is 0 Å². The first-order valence-electron chi connectivity index (χ1n) is 3.80. The molecule has 1 N–H and O–H groups in total. The number of aromatic hydroxyl groups is 1. The normalized spacial score (nSPS) is 9.07. The first kappa shape index (κ1) is 10.6. The van der Waals surface area contributed by atoms with Gasteiger partial charge in [0, 0.05) is 5.39 Å². The fourth-order valence-electron chi connectivity index (χ4n) is 1.19. The van der Waals surface area contributed by atoms with E-state index in [-0.39, 0.29) is 26.0 Å². The number of rotatable bonds is 0. The van der Waals surface area contributed by atoms with Crippen LogP contribution >= 0.6 is 0 Å². The summed E-state index contributed by atoms with van der Waals surface area (Å²) in [5, 5.41) is 18.8. The summed E-state index contributed by atoms with van der Waals surface area (Å²) >= 11 is 0. The van der Waals surface area contributed by atoms with Crippen molar-refractivity contribution in [1.29, 1.82) is 5.26 Å². The van der Waals surface area contributed by atoms with Gasteiger partial charge in [-0.2, -0.15) is 5.26 Å². The number of benzene rings is 1. The van der Waals surface area contributed by atoms with E-state index >= 15 is 0 Å². The Morgan fingerprint density at radius 3 is 2.79 bits per heavy atom. The molecule has 64 valence electrons. The van der Waals surface area contributed by atoms with Crippen LogP contribution < -0.4 is 18.9 Å². The van der Waals surface area contributed by atoms with E-state index in [0.717, 1.165) is 5.39 Å². The van der Waals surface area contributed by atoms with E-state index in [4.69, 9.17) is 5.26 Å². The largest absolute Gasteiger partial charge is 1.00 e. The summed E-state index contributed by atoms with van der Waals surface area (Å²) in [6.07, 6.45) is 0. The summed E-state index contributed by atoms with van der Waals surface area (Å²) < 4.78 is 0. The van der Waals surface area contributed by atoms with Gasteiger partial charge in [0.25, 0.3) is 0 Å². The zero-order valence-corrected chi connectivity index (χ0v) is 7.73. The summed E-state index contributed by atoms with van der Waals surface area (Å²) in [5.41, 5.74) is 0.788. The van der Waals surface area contributed by atoms with E-state index in [2.05, 4.69) is 4.98 Å². The number of hydrogen-bond acceptors (Lipinski definition) is 3. The second kappa shape index (κ2) is 4.15. The van der Waals surface area contributed by atoms with E-state index in [0.29, 0.717) is 11.2 Å². The molecule has 14 heavy (non-hydrogen) atoms. The van der Waals surface area contributed by atoms with Gasteiger partial charge in [-0.15, -0.1) is 0 Å². The van der Waals surface area contributed by atoms with Crippen LogP contribution in [0, 0.1) is 11.3 Å². The molecule has 0 saturated heterocycles. The summed E-state index contributed by atoms with van der Waals surface area (Å²) in [6.45, 7) is 0. The van der Waals surface area contributed by atoms with Crippen LogP contribution in [0.3, 0.4) is 0 Å². The van der Waals surface area contributed by atoms with Crippen LogP contribution in [0.4, 0.5) is 0 Å². The summed E-state index contributed by atoms with van der Waals surface area (Å²) in [6, 6.07) is 10.4. The van der Waals surface area contributed by atoms with Crippen LogP contribution in [-0.2, 0) is 0 Å². The standard InChI is InChI=1S/C10H6N2O.Li.H/c11-6-8-5-4-7-2-1-3-9(13)10(7)12-8;;/h1-5,13H;;/q;+1;-1. The monoisotopic (exact) mass is 178 g/mol. The Hall–Kier alpha value is -1.48.